The number of benzene rings is 1. The van der Waals surface area contributed by atoms with Crippen molar-refractivity contribution in [3.63, 3.8) is 0 Å². The molecule has 2 heterocycles. The highest BCUT2D eigenvalue weighted by Gasteiger charge is 2.22. The van der Waals surface area contributed by atoms with Crippen molar-refractivity contribution in [1.29, 1.82) is 0 Å². The van der Waals surface area contributed by atoms with Crippen LogP contribution < -0.4 is 0 Å². The number of carbonyl (C=O) groups is 1. The van der Waals surface area contributed by atoms with Crippen molar-refractivity contribution >= 4 is 38.9 Å². The van der Waals surface area contributed by atoms with E-state index in [0.717, 1.165) is 27.8 Å². The Morgan fingerprint density at radius 2 is 1.96 bits per heavy atom. The first-order valence-electron chi connectivity index (χ1n) is 7.91. The third-order valence-corrected chi connectivity index (χ3v) is 5.19. The molecule has 0 amide bonds. The number of aromatic nitrogens is 2. The van der Waals surface area contributed by atoms with Gasteiger partial charge in [-0.2, -0.15) is 4.98 Å². The molecule has 0 bridgehead atoms. The molecule has 3 aromatic rings. The van der Waals surface area contributed by atoms with Gasteiger partial charge in [0.05, 0.1) is 11.1 Å². The fraction of sp³-hybridized carbons (Fsp3) is 0.105. The molecular formula is C19H15N3O3S. The lowest BCUT2D eigenvalue weighted by Crippen LogP contribution is -2.11. The van der Waals surface area contributed by atoms with Gasteiger partial charge in [0.2, 0.25) is 22.7 Å². The summed E-state index contributed by atoms with van der Waals surface area (Å²) in [6, 6.07) is 7.51. The van der Waals surface area contributed by atoms with E-state index < -0.39 is 0 Å². The average molecular weight is 365 g/mol. The van der Waals surface area contributed by atoms with Crippen molar-refractivity contribution in [2.24, 2.45) is 12.0 Å². The third-order valence-electron chi connectivity index (χ3n) is 4.23. The van der Waals surface area contributed by atoms with E-state index in [1.54, 1.807) is 23.8 Å². The number of nitrogens with zero attached hydrogens (tertiary/aromatic N) is 3. The molecule has 0 unspecified atom stereocenters. The molecule has 7 heteroatoms. The van der Waals surface area contributed by atoms with Crippen molar-refractivity contribution in [2.75, 3.05) is 0 Å². The summed E-state index contributed by atoms with van der Waals surface area (Å²) in [6.07, 6.45) is 4.86. The lowest BCUT2D eigenvalue weighted by molar-refractivity contribution is -0.108. The third kappa shape index (κ3) is 2.53. The minimum atomic E-state index is -0.222. The Labute approximate surface area is 153 Å². The normalized spacial score (nSPS) is 15.8. The molecule has 2 aromatic heterocycles. The summed E-state index contributed by atoms with van der Waals surface area (Å²) in [6.45, 7) is 1.87. The molecule has 0 aliphatic heterocycles. The molecule has 1 aliphatic rings. The summed E-state index contributed by atoms with van der Waals surface area (Å²) < 4.78 is 1.65. The van der Waals surface area contributed by atoms with Crippen molar-refractivity contribution < 1.29 is 15.0 Å². The summed E-state index contributed by atoms with van der Waals surface area (Å²) in [5.74, 6) is -0.392. The van der Waals surface area contributed by atoms with E-state index in [0.29, 0.717) is 10.4 Å². The predicted octanol–water partition coefficient (Wildman–Crippen LogP) is 3.87. The maximum atomic E-state index is 11.9. The highest BCUT2D eigenvalue weighted by atomic mass is 32.1. The van der Waals surface area contributed by atoms with Gasteiger partial charge < -0.3 is 14.8 Å². The number of ketones is 1. The van der Waals surface area contributed by atoms with E-state index in [4.69, 9.17) is 0 Å². The molecule has 0 saturated heterocycles. The molecule has 0 atom stereocenters. The van der Waals surface area contributed by atoms with Crippen LogP contribution in [0.5, 0.6) is 11.8 Å². The quantitative estimate of drug-likeness (QED) is 0.675. The number of allylic oxidation sites excluding steroid dienone is 4. The Balaban J connectivity index is 1.86. The number of thiazole rings is 1. The highest BCUT2D eigenvalue weighted by Crippen LogP contribution is 2.47. The molecule has 0 radical (unpaired) electrons. The first kappa shape index (κ1) is 16.3. The van der Waals surface area contributed by atoms with Gasteiger partial charge in [-0.15, -0.1) is 0 Å². The number of aromatic hydroxyl groups is 2. The lowest BCUT2D eigenvalue weighted by atomic mass is 10.1. The van der Waals surface area contributed by atoms with Crippen molar-refractivity contribution in [3.05, 3.63) is 48.1 Å². The number of aliphatic imine (C=N–C) groups is 1. The second-order valence-electron chi connectivity index (χ2n) is 6.01. The standard InChI is InChI=1S/C19H15N3O3S/c1-10-7-8-14(23)12(9-10)20-19-21-17(24)16(26-19)15-11-5-3-4-6-13(11)22(2)18(15)25/h3-9,24-25H,1-2H3/b20-12+. The zero-order valence-corrected chi connectivity index (χ0v) is 14.9. The molecule has 1 aromatic carbocycles. The number of fused-ring (bicyclic) bond motifs is 1. The first-order valence-corrected chi connectivity index (χ1v) is 8.73. The molecule has 0 fully saturated rings. The molecule has 1 aliphatic carbocycles. The smallest absolute Gasteiger partial charge is 0.232 e. The maximum Gasteiger partial charge on any atom is 0.232 e. The van der Waals surface area contributed by atoms with Gasteiger partial charge >= 0.3 is 0 Å². The molecule has 0 saturated carbocycles. The Morgan fingerprint density at radius 1 is 1.19 bits per heavy atom. The van der Waals surface area contributed by atoms with E-state index in [1.165, 1.54) is 6.08 Å². The Hall–Kier alpha value is -3.19. The summed E-state index contributed by atoms with van der Waals surface area (Å²) in [4.78, 5) is 20.7. The number of hydrogen-bond acceptors (Lipinski definition) is 6. The van der Waals surface area contributed by atoms with Crippen LogP contribution in [0.25, 0.3) is 21.3 Å². The van der Waals surface area contributed by atoms with Gasteiger partial charge in [-0.1, -0.05) is 35.6 Å². The zero-order valence-electron chi connectivity index (χ0n) is 14.1. The van der Waals surface area contributed by atoms with Gasteiger partial charge in [-0.3, -0.25) is 4.79 Å². The molecule has 6 nitrogen and oxygen atoms in total. The highest BCUT2D eigenvalue weighted by molar-refractivity contribution is 7.19. The van der Waals surface area contributed by atoms with E-state index in [1.807, 2.05) is 31.2 Å². The number of aryl methyl sites for hydroxylation is 1. The number of para-hydroxylation sites is 1. The first-order chi connectivity index (χ1) is 12.5. The average Bonchev–Trinajstić information content (AvgIpc) is 3.09. The van der Waals surface area contributed by atoms with E-state index >= 15 is 0 Å². The molecule has 26 heavy (non-hydrogen) atoms. The summed E-state index contributed by atoms with van der Waals surface area (Å²) in [5.41, 5.74) is 2.53. The second-order valence-corrected chi connectivity index (χ2v) is 6.98. The van der Waals surface area contributed by atoms with Gasteiger partial charge in [0.15, 0.2) is 0 Å². The fourth-order valence-corrected chi connectivity index (χ4v) is 3.83. The van der Waals surface area contributed by atoms with Crippen LogP contribution in [0, 0.1) is 0 Å². The molecule has 2 N–H and O–H groups in total. The van der Waals surface area contributed by atoms with Gasteiger partial charge in [0.1, 0.15) is 10.6 Å². The van der Waals surface area contributed by atoms with Crippen LogP contribution in [0.4, 0.5) is 5.13 Å². The summed E-state index contributed by atoms with van der Waals surface area (Å²) >= 11 is 1.12. The predicted molar refractivity (Wildman–Crippen MR) is 102 cm³/mol. The maximum absolute atomic E-state index is 11.9. The van der Waals surface area contributed by atoms with Gasteiger partial charge in [-0.25, -0.2) is 4.99 Å². The van der Waals surface area contributed by atoms with E-state index in [-0.39, 0.29) is 28.4 Å². The van der Waals surface area contributed by atoms with Crippen LogP contribution in [0.15, 0.2) is 53.1 Å². The van der Waals surface area contributed by atoms with Crippen LogP contribution >= 0.6 is 11.3 Å². The molecule has 130 valence electrons. The van der Waals surface area contributed by atoms with Crippen LogP contribution in [0.2, 0.25) is 0 Å². The van der Waals surface area contributed by atoms with Crippen molar-refractivity contribution in [1.82, 2.24) is 9.55 Å². The monoisotopic (exact) mass is 365 g/mol. The van der Waals surface area contributed by atoms with Gasteiger partial charge in [-0.05, 0) is 30.7 Å². The number of hydrogen-bond donors (Lipinski definition) is 2. The largest absolute Gasteiger partial charge is 0.494 e. The van der Waals surface area contributed by atoms with Gasteiger partial charge in [0.25, 0.3) is 0 Å². The molecule has 4 rings (SSSR count). The van der Waals surface area contributed by atoms with Crippen LogP contribution in [-0.2, 0) is 11.8 Å². The Kier molecular flexibility index (Phi) is 3.73. The SMILES string of the molecule is CC1=C/C(=N\c2nc(O)c(-c3c(O)n(C)c4ccccc34)s2)C(=O)C=C1. The topological polar surface area (TPSA) is 87.7 Å². The van der Waals surface area contributed by atoms with Gasteiger partial charge in [0, 0.05) is 12.4 Å². The van der Waals surface area contributed by atoms with Crippen molar-refractivity contribution in [2.45, 2.75) is 6.92 Å². The summed E-state index contributed by atoms with van der Waals surface area (Å²) in [7, 11) is 1.75. The second kappa shape index (κ2) is 5.96. The molecular weight excluding hydrogens is 350 g/mol. The lowest BCUT2D eigenvalue weighted by Gasteiger charge is -2.02. The van der Waals surface area contributed by atoms with Crippen LogP contribution in [-0.4, -0.2) is 31.3 Å². The number of carbonyl (C=O) groups excluding carboxylic acids is 1. The van der Waals surface area contributed by atoms with Crippen LogP contribution in [0.1, 0.15) is 6.92 Å². The summed E-state index contributed by atoms with van der Waals surface area (Å²) in [5, 5.41) is 21.9. The Morgan fingerprint density at radius 3 is 2.77 bits per heavy atom. The van der Waals surface area contributed by atoms with E-state index in [9.17, 15) is 15.0 Å². The van der Waals surface area contributed by atoms with Crippen LogP contribution in [0.3, 0.4) is 0 Å². The number of rotatable bonds is 2. The molecule has 0 spiro atoms. The van der Waals surface area contributed by atoms with Crippen molar-refractivity contribution in [3.8, 4) is 22.2 Å². The minimum absolute atomic E-state index is 0.0387. The van der Waals surface area contributed by atoms with E-state index in [2.05, 4.69) is 9.98 Å². The Bertz CT molecular complexity index is 1150. The fourth-order valence-electron chi connectivity index (χ4n) is 2.93. The zero-order chi connectivity index (χ0) is 18.4. The minimum Gasteiger partial charge on any atom is -0.494 e.